The summed E-state index contributed by atoms with van der Waals surface area (Å²) in [6, 6.07) is 7.21. The molecule has 2 unspecified atom stereocenters. The lowest BCUT2D eigenvalue weighted by Gasteiger charge is -2.30. The Balaban J connectivity index is 1.58. The topological polar surface area (TPSA) is 41.1 Å². The van der Waals surface area contributed by atoms with Crippen molar-refractivity contribution in [3.63, 3.8) is 0 Å². The van der Waals surface area contributed by atoms with Crippen molar-refractivity contribution in [1.82, 2.24) is 10.6 Å². The van der Waals surface area contributed by atoms with E-state index in [1.54, 1.807) is 0 Å². The first-order chi connectivity index (χ1) is 9.72. The number of fused-ring (bicyclic) bond motifs is 1. The highest BCUT2D eigenvalue weighted by atomic mass is 16.1. The van der Waals surface area contributed by atoms with Crippen LogP contribution in [0.1, 0.15) is 42.9 Å². The zero-order chi connectivity index (χ0) is 13.9. The van der Waals surface area contributed by atoms with Crippen LogP contribution in [-0.4, -0.2) is 24.5 Å². The van der Waals surface area contributed by atoms with E-state index in [1.165, 1.54) is 30.4 Å². The Labute approximate surface area is 121 Å². The Kier molecular flexibility index (Phi) is 4.06. The van der Waals surface area contributed by atoms with Gasteiger partial charge in [0.25, 0.3) is 0 Å². The summed E-state index contributed by atoms with van der Waals surface area (Å²) in [5.74, 6) is 0.156. The van der Waals surface area contributed by atoms with Gasteiger partial charge in [-0.3, -0.25) is 4.79 Å². The molecule has 3 heteroatoms. The molecule has 1 aromatic rings. The summed E-state index contributed by atoms with van der Waals surface area (Å²) in [5, 5.41) is 6.60. The van der Waals surface area contributed by atoms with Crippen molar-refractivity contribution in [3.05, 3.63) is 34.9 Å². The van der Waals surface area contributed by atoms with Crippen molar-refractivity contribution in [2.24, 2.45) is 0 Å². The minimum Gasteiger partial charge on any atom is -0.352 e. The third kappa shape index (κ3) is 3.04. The predicted octanol–water partition coefficient (Wildman–Crippen LogP) is 1.97. The zero-order valence-corrected chi connectivity index (χ0v) is 12.2. The minimum absolute atomic E-state index is 0.156. The van der Waals surface area contributed by atoms with E-state index in [2.05, 4.69) is 35.8 Å². The number of rotatable bonds is 3. The first-order valence-electron chi connectivity index (χ1n) is 7.86. The number of hydrogen-bond acceptors (Lipinski definition) is 2. The van der Waals surface area contributed by atoms with Crippen molar-refractivity contribution in [2.45, 2.75) is 57.5 Å². The van der Waals surface area contributed by atoms with Gasteiger partial charge in [0.15, 0.2) is 0 Å². The van der Waals surface area contributed by atoms with E-state index < -0.39 is 0 Å². The predicted molar refractivity (Wildman–Crippen MR) is 80.8 cm³/mol. The number of amides is 1. The van der Waals surface area contributed by atoms with Gasteiger partial charge in [-0.1, -0.05) is 18.2 Å². The molecule has 1 fully saturated rings. The first kappa shape index (κ1) is 13.6. The lowest BCUT2D eigenvalue weighted by Crippen LogP contribution is -2.52. The number of aryl methyl sites for hydroxylation is 2. The minimum atomic E-state index is 0.156. The molecular formula is C17H24N2O. The fourth-order valence-electron chi connectivity index (χ4n) is 3.42. The van der Waals surface area contributed by atoms with Gasteiger partial charge in [-0.15, -0.1) is 0 Å². The van der Waals surface area contributed by atoms with Crippen LogP contribution in [0.3, 0.4) is 0 Å². The van der Waals surface area contributed by atoms with Gasteiger partial charge in [0.05, 0.1) is 6.42 Å². The molecule has 3 rings (SSSR count). The Morgan fingerprint density at radius 1 is 1.30 bits per heavy atom. The molecule has 20 heavy (non-hydrogen) atoms. The average Bonchev–Trinajstić information content (AvgIpc) is 2.89. The lowest BCUT2D eigenvalue weighted by atomic mass is 9.99. The molecule has 1 aliphatic carbocycles. The SMILES string of the molecule is CC1NCCCC1NC(=O)Cc1ccc2c(c1)CCC2. The Morgan fingerprint density at radius 2 is 2.15 bits per heavy atom. The Hall–Kier alpha value is -1.35. The van der Waals surface area contributed by atoms with Gasteiger partial charge in [-0.05, 0) is 62.3 Å². The summed E-state index contributed by atoms with van der Waals surface area (Å²) in [5.41, 5.74) is 4.07. The van der Waals surface area contributed by atoms with Gasteiger partial charge in [0.1, 0.15) is 0 Å². The van der Waals surface area contributed by atoms with Gasteiger partial charge < -0.3 is 10.6 Å². The number of piperidine rings is 1. The Morgan fingerprint density at radius 3 is 3.00 bits per heavy atom. The molecule has 3 nitrogen and oxygen atoms in total. The fourth-order valence-corrected chi connectivity index (χ4v) is 3.42. The summed E-state index contributed by atoms with van der Waals surface area (Å²) in [4.78, 5) is 12.2. The second-order valence-electron chi connectivity index (χ2n) is 6.19. The number of hydrogen-bond donors (Lipinski definition) is 2. The van der Waals surface area contributed by atoms with E-state index >= 15 is 0 Å². The van der Waals surface area contributed by atoms with Crippen molar-refractivity contribution >= 4 is 5.91 Å². The highest BCUT2D eigenvalue weighted by Gasteiger charge is 2.22. The van der Waals surface area contributed by atoms with Crippen molar-refractivity contribution in [3.8, 4) is 0 Å². The standard InChI is InChI=1S/C17H24N2O/c1-12-16(6-3-9-18-12)19-17(20)11-13-7-8-14-4-2-5-15(14)10-13/h7-8,10,12,16,18H,2-6,9,11H2,1H3,(H,19,20). The molecule has 2 aliphatic rings. The van der Waals surface area contributed by atoms with E-state index in [0.29, 0.717) is 12.5 Å². The smallest absolute Gasteiger partial charge is 0.224 e. The van der Waals surface area contributed by atoms with E-state index in [9.17, 15) is 4.79 Å². The van der Waals surface area contributed by atoms with Crippen LogP contribution in [0.2, 0.25) is 0 Å². The molecule has 108 valence electrons. The van der Waals surface area contributed by atoms with Crippen LogP contribution < -0.4 is 10.6 Å². The Bertz CT molecular complexity index is 498. The monoisotopic (exact) mass is 272 g/mol. The van der Waals surface area contributed by atoms with Crippen LogP contribution in [0.15, 0.2) is 18.2 Å². The number of carbonyl (C=O) groups is 1. The van der Waals surface area contributed by atoms with Crippen LogP contribution in [0.4, 0.5) is 0 Å². The van der Waals surface area contributed by atoms with Gasteiger partial charge in [0, 0.05) is 12.1 Å². The molecule has 0 aromatic heterocycles. The van der Waals surface area contributed by atoms with Gasteiger partial charge in [-0.2, -0.15) is 0 Å². The highest BCUT2D eigenvalue weighted by Crippen LogP contribution is 2.23. The van der Waals surface area contributed by atoms with E-state index in [4.69, 9.17) is 0 Å². The molecule has 0 spiro atoms. The van der Waals surface area contributed by atoms with Crippen LogP contribution in [-0.2, 0) is 24.1 Å². The average molecular weight is 272 g/mol. The normalized spacial score (nSPS) is 25.2. The highest BCUT2D eigenvalue weighted by molar-refractivity contribution is 5.79. The number of benzene rings is 1. The van der Waals surface area contributed by atoms with Crippen LogP contribution >= 0.6 is 0 Å². The largest absolute Gasteiger partial charge is 0.352 e. The molecule has 2 atom stereocenters. The van der Waals surface area contributed by atoms with Crippen molar-refractivity contribution < 1.29 is 4.79 Å². The maximum Gasteiger partial charge on any atom is 0.224 e. The van der Waals surface area contributed by atoms with E-state index in [1.807, 2.05) is 0 Å². The first-order valence-corrected chi connectivity index (χ1v) is 7.86. The summed E-state index contributed by atoms with van der Waals surface area (Å²) in [6.07, 6.45) is 6.38. The van der Waals surface area contributed by atoms with Crippen LogP contribution in [0.25, 0.3) is 0 Å². The maximum atomic E-state index is 12.2. The summed E-state index contributed by atoms with van der Waals surface area (Å²) in [6.45, 7) is 3.22. The van der Waals surface area contributed by atoms with Gasteiger partial charge in [0.2, 0.25) is 5.91 Å². The second kappa shape index (κ2) is 5.96. The molecule has 2 N–H and O–H groups in total. The van der Waals surface area contributed by atoms with Crippen LogP contribution in [0, 0.1) is 0 Å². The third-order valence-corrected chi connectivity index (χ3v) is 4.64. The summed E-state index contributed by atoms with van der Waals surface area (Å²) < 4.78 is 0. The summed E-state index contributed by atoms with van der Waals surface area (Å²) >= 11 is 0. The quantitative estimate of drug-likeness (QED) is 0.883. The number of nitrogens with one attached hydrogen (secondary N) is 2. The lowest BCUT2D eigenvalue weighted by molar-refractivity contribution is -0.121. The molecule has 1 saturated heterocycles. The molecular weight excluding hydrogens is 248 g/mol. The van der Waals surface area contributed by atoms with E-state index in [0.717, 1.165) is 24.9 Å². The molecule has 0 saturated carbocycles. The van der Waals surface area contributed by atoms with Gasteiger partial charge >= 0.3 is 0 Å². The third-order valence-electron chi connectivity index (χ3n) is 4.64. The van der Waals surface area contributed by atoms with E-state index in [-0.39, 0.29) is 11.9 Å². The molecule has 1 amide bonds. The van der Waals surface area contributed by atoms with Crippen LogP contribution in [0.5, 0.6) is 0 Å². The van der Waals surface area contributed by atoms with Crippen molar-refractivity contribution in [1.29, 1.82) is 0 Å². The summed E-state index contributed by atoms with van der Waals surface area (Å²) in [7, 11) is 0. The molecule has 1 aliphatic heterocycles. The number of carbonyl (C=O) groups excluding carboxylic acids is 1. The molecule has 1 aromatic carbocycles. The molecule has 0 bridgehead atoms. The molecule has 0 radical (unpaired) electrons. The second-order valence-corrected chi connectivity index (χ2v) is 6.19. The van der Waals surface area contributed by atoms with Gasteiger partial charge in [-0.25, -0.2) is 0 Å². The van der Waals surface area contributed by atoms with Crippen molar-refractivity contribution in [2.75, 3.05) is 6.54 Å². The fraction of sp³-hybridized carbons (Fsp3) is 0.588. The maximum absolute atomic E-state index is 12.2. The molecule has 1 heterocycles. The zero-order valence-electron chi connectivity index (χ0n) is 12.2.